The van der Waals surface area contributed by atoms with E-state index in [4.69, 9.17) is 59.6 Å². The molecule has 7 rings (SSSR count). The lowest BCUT2D eigenvalue weighted by molar-refractivity contribution is -0.131. The average molecular weight is 1030 g/mol. The van der Waals surface area contributed by atoms with Crippen LogP contribution in [-0.4, -0.2) is 23.9 Å². The molecular weight excluding hydrogens is 984 g/mol. The molecule has 0 atom stereocenters. The molecule has 20 heteroatoms. The van der Waals surface area contributed by atoms with Crippen LogP contribution >= 0.6 is 23.0 Å². The molecule has 0 bridgehead atoms. The van der Waals surface area contributed by atoms with Crippen LogP contribution in [0.4, 0.5) is 0 Å². The first-order valence-electron chi connectivity index (χ1n) is 21.5. The fourth-order valence-corrected chi connectivity index (χ4v) is 14.8. The van der Waals surface area contributed by atoms with Gasteiger partial charge in [-0.2, -0.15) is 0 Å². The van der Waals surface area contributed by atoms with Crippen molar-refractivity contribution in [1.82, 2.24) is 0 Å². The molecule has 1 heterocycles. The Kier molecular flexibility index (Phi) is 16.2. The van der Waals surface area contributed by atoms with Crippen LogP contribution in [-0.2, 0) is 19.2 Å². The lowest BCUT2D eigenvalue weighted by Crippen LogP contribution is -2.14. The topological polar surface area (TPSA) is 198 Å². The summed E-state index contributed by atoms with van der Waals surface area (Å²) in [5.74, 6) is -4.12. The molecule has 0 radical (unpaired) electrons. The normalized spacial score (nSPS) is 13.6. The minimum atomic E-state index is -4.85. The van der Waals surface area contributed by atoms with E-state index in [1.165, 1.54) is 76.2 Å². The minimum Gasteiger partial charge on any atom is -0.419 e. The zero-order chi connectivity index (χ0) is 51.5. The summed E-state index contributed by atoms with van der Waals surface area (Å²) in [5.41, 5.74) is 0.244. The van der Waals surface area contributed by atoms with Crippen molar-refractivity contribution in [2.75, 3.05) is 0 Å². The number of para-hydroxylation sites is 10. The number of carbonyl (C=O) groups excluding carboxylic acids is 4. The van der Waals surface area contributed by atoms with Crippen molar-refractivity contribution < 1.29 is 65.3 Å². The molecule has 6 aromatic rings. The summed E-state index contributed by atoms with van der Waals surface area (Å²) in [6.45, 7) is 20.7. The second-order valence-electron chi connectivity index (χ2n) is 15.4. The Bertz CT molecular complexity index is 2950. The Morgan fingerprint density at radius 3 is 0.722 bits per heavy atom. The number of ether oxygens (including phenoxy) is 4. The number of rotatable bonds is 20. The van der Waals surface area contributed by atoms with Crippen molar-refractivity contribution >= 4 is 46.9 Å². The van der Waals surface area contributed by atoms with Gasteiger partial charge in [0.1, 0.15) is 11.5 Å². The molecular formula is C52H46N3O14P3. The first-order valence-corrected chi connectivity index (χ1v) is 26.1. The quantitative estimate of drug-likeness (QED) is 0.0303. The van der Waals surface area contributed by atoms with Crippen LogP contribution in [0.5, 0.6) is 57.5 Å². The monoisotopic (exact) mass is 1030 g/mol. The second kappa shape index (κ2) is 22.6. The van der Waals surface area contributed by atoms with E-state index in [-0.39, 0.29) is 79.8 Å². The first-order chi connectivity index (χ1) is 34.5. The van der Waals surface area contributed by atoms with Crippen LogP contribution in [0.25, 0.3) is 0 Å². The van der Waals surface area contributed by atoms with Crippen LogP contribution < -0.4 is 46.1 Å². The van der Waals surface area contributed by atoms with E-state index in [0.29, 0.717) is 0 Å². The third-order valence-electron chi connectivity index (χ3n) is 9.08. The zero-order valence-corrected chi connectivity index (χ0v) is 41.9. The van der Waals surface area contributed by atoms with Crippen LogP contribution in [0.2, 0.25) is 0 Å². The third kappa shape index (κ3) is 13.1. The Morgan fingerprint density at radius 2 is 0.500 bits per heavy atom. The predicted octanol–water partition coefficient (Wildman–Crippen LogP) is 14.2. The van der Waals surface area contributed by atoms with E-state index < -0.39 is 46.9 Å². The third-order valence-corrected chi connectivity index (χ3v) is 17.1. The Balaban J connectivity index is 1.65. The number of nitrogens with zero attached hydrogens (tertiary/aromatic N) is 3. The summed E-state index contributed by atoms with van der Waals surface area (Å²) in [4.78, 5) is 52.7. The van der Waals surface area contributed by atoms with Gasteiger partial charge in [-0.3, -0.25) is 0 Å². The number of esters is 4. The number of carbonyl (C=O) groups is 4. The summed E-state index contributed by atoms with van der Waals surface area (Å²) in [7, 11) is -14.3. The fourth-order valence-electron chi connectivity index (χ4n) is 5.69. The van der Waals surface area contributed by atoms with Crippen LogP contribution in [0, 0.1) is 0 Å². The van der Waals surface area contributed by atoms with Gasteiger partial charge in [0.2, 0.25) is 0 Å². The van der Waals surface area contributed by atoms with E-state index in [9.17, 15) is 19.2 Å². The van der Waals surface area contributed by atoms with E-state index in [2.05, 4.69) is 26.3 Å². The highest BCUT2D eigenvalue weighted by atomic mass is 31.3. The second-order valence-corrected chi connectivity index (χ2v) is 21.6. The molecule has 0 aliphatic carbocycles. The van der Waals surface area contributed by atoms with E-state index >= 15 is 0 Å². The van der Waals surface area contributed by atoms with Gasteiger partial charge in [0.15, 0.2) is 46.0 Å². The van der Waals surface area contributed by atoms with Gasteiger partial charge in [-0.05, 0) is 100 Å². The van der Waals surface area contributed by atoms with Crippen LogP contribution in [0.3, 0.4) is 0 Å². The highest BCUT2D eigenvalue weighted by Gasteiger charge is 2.50. The van der Waals surface area contributed by atoms with Crippen molar-refractivity contribution in [2.24, 2.45) is 13.5 Å². The van der Waals surface area contributed by atoms with Crippen LogP contribution in [0.1, 0.15) is 27.7 Å². The largest absolute Gasteiger partial charge is 0.461 e. The molecule has 0 N–H and O–H groups in total. The molecule has 0 fully saturated rings. The fraction of sp³-hybridized carbons (Fsp3) is 0.0769. The van der Waals surface area contributed by atoms with E-state index in [1.54, 1.807) is 109 Å². The van der Waals surface area contributed by atoms with Crippen molar-refractivity contribution in [1.29, 1.82) is 0 Å². The summed E-state index contributed by atoms with van der Waals surface area (Å²) >= 11 is 0. The molecule has 0 saturated heterocycles. The number of benzene rings is 6. The van der Waals surface area contributed by atoms with Gasteiger partial charge >= 0.3 is 46.9 Å². The summed E-state index contributed by atoms with van der Waals surface area (Å²) < 4.78 is 80.1. The van der Waals surface area contributed by atoms with Crippen molar-refractivity contribution in [3.05, 3.63) is 206 Å². The van der Waals surface area contributed by atoms with Gasteiger partial charge in [-0.1, -0.05) is 125 Å². The zero-order valence-electron chi connectivity index (χ0n) is 39.2. The Labute approximate surface area is 415 Å². The summed E-state index contributed by atoms with van der Waals surface area (Å²) in [6, 6.07) is 41.0. The van der Waals surface area contributed by atoms with Gasteiger partial charge in [0.25, 0.3) is 0 Å². The van der Waals surface area contributed by atoms with Crippen molar-refractivity contribution in [3.8, 4) is 57.5 Å². The van der Waals surface area contributed by atoms with Gasteiger partial charge in [-0.25, -0.2) is 19.2 Å². The minimum absolute atomic E-state index is 0.0610. The van der Waals surface area contributed by atoms with Crippen molar-refractivity contribution in [2.45, 2.75) is 27.7 Å². The maximum atomic E-state index is 13.2. The van der Waals surface area contributed by atoms with Crippen molar-refractivity contribution in [3.63, 3.8) is 0 Å². The van der Waals surface area contributed by atoms with E-state index in [1.807, 2.05) is 0 Å². The summed E-state index contributed by atoms with van der Waals surface area (Å²) in [6.07, 6.45) is 0. The molecule has 0 saturated carbocycles. The highest BCUT2D eigenvalue weighted by molar-refractivity contribution is 7.79. The smallest absolute Gasteiger partial charge is 0.419 e. The molecule has 1 aliphatic heterocycles. The maximum Gasteiger partial charge on any atom is 0.461 e. The Morgan fingerprint density at radius 1 is 0.306 bits per heavy atom. The van der Waals surface area contributed by atoms with Crippen LogP contribution in [0.15, 0.2) is 220 Å². The van der Waals surface area contributed by atoms with Gasteiger partial charge in [0.05, 0.1) is 0 Å². The standard InChI is InChI=1S/C52H46N3O14P3/c1-35(2)49(56)60-41-27-15-19-31-45(41)66-71(67-46-32-20-16-28-42(46)61-50(57)36(3)4)53-70(64-39-23-11-9-12-24-39,65-40-25-13-10-14-26-40)54-72(55-71,68-47-33-21-17-29-43(47)62-51(58)37(5)6)69-48-34-22-18-30-44(48)63-52(59)38(7)8/h9-34H,1,3,5,7H2,2,4,6,8H3. The van der Waals surface area contributed by atoms with E-state index in [0.717, 1.165) is 0 Å². The van der Waals surface area contributed by atoms with Gasteiger partial charge in [0, 0.05) is 22.3 Å². The average Bonchev–Trinajstić information content (AvgIpc) is 3.34. The lowest BCUT2D eigenvalue weighted by atomic mass is 10.3. The highest BCUT2D eigenvalue weighted by Crippen LogP contribution is 2.79. The molecule has 17 nitrogen and oxygen atoms in total. The lowest BCUT2D eigenvalue weighted by Gasteiger charge is -2.33. The molecule has 368 valence electrons. The van der Waals surface area contributed by atoms with Gasteiger partial charge < -0.3 is 46.1 Å². The molecule has 0 spiro atoms. The molecule has 1 aliphatic rings. The first kappa shape index (κ1) is 51.5. The number of hydrogen-bond acceptors (Lipinski definition) is 17. The van der Waals surface area contributed by atoms with Gasteiger partial charge in [-0.15, -0.1) is 0 Å². The number of hydrogen-bond donors (Lipinski definition) is 0. The molecule has 0 amide bonds. The SMILES string of the molecule is C=C(C)C(=O)Oc1ccccc1OP1(Oc2ccccc2OC(=O)C(=C)C)=NP(Oc2ccccc2)(Oc2ccccc2)=NP(Oc2ccccc2OC(=O)C(=C)C)(Oc2ccccc2OC(=O)C(=C)C)=N1. The predicted molar refractivity (Wildman–Crippen MR) is 272 cm³/mol. The molecule has 6 aromatic carbocycles. The molecule has 72 heavy (non-hydrogen) atoms. The molecule has 0 unspecified atom stereocenters. The maximum absolute atomic E-state index is 13.2. The summed E-state index contributed by atoms with van der Waals surface area (Å²) in [5, 5.41) is 0. The molecule has 0 aromatic heterocycles. The Hall–Kier alpha value is -8.35.